The van der Waals surface area contributed by atoms with Crippen LogP contribution in [-0.4, -0.2) is 54.0 Å². The van der Waals surface area contributed by atoms with Gasteiger partial charge in [-0.2, -0.15) is 0 Å². The van der Waals surface area contributed by atoms with Gasteiger partial charge in [0.1, 0.15) is 5.78 Å². The van der Waals surface area contributed by atoms with Crippen molar-refractivity contribution < 1.29 is 14.4 Å². The van der Waals surface area contributed by atoms with Crippen LogP contribution in [0.2, 0.25) is 0 Å². The molecule has 0 fully saturated rings. The molecular formula is C30H45N3O3S. The molecule has 2 rings (SSSR count). The van der Waals surface area contributed by atoms with Crippen LogP contribution in [0.1, 0.15) is 76.8 Å². The minimum Gasteiger partial charge on any atom is -0.353 e. The molecule has 0 unspecified atom stereocenters. The first-order valence-electron chi connectivity index (χ1n) is 13.7. The van der Waals surface area contributed by atoms with Crippen molar-refractivity contribution in [3.8, 4) is 0 Å². The molecule has 0 radical (unpaired) electrons. The van der Waals surface area contributed by atoms with Gasteiger partial charge in [-0.1, -0.05) is 46.3 Å². The lowest BCUT2D eigenvalue weighted by atomic mass is 9.91. The summed E-state index contributed by atoms with van der Waals surface area (Å²) in [7, 11) is 3.92. The lowest BCUT2D eigenvalue weighted by Gasteiger charge is -2.26. The molecule has 3 atom stereocenters. The first kappa shape index (κ1) is 30.8. The number of aryl methyl sites for hydroxylation is 1. The first-order valence-corrected chi connectivity index (χ1v) is 14.5. The van der Waals surface area contributed by atoms with Crippen LogP contribution in [0, 0.1) is 11.8 Å². The van der Waals surface area contributed by atoms with E-state index in [0.717, 1.165) is 41.0 Å². The molecule has 1 amide bonds. The van der Waals surface area contributed by atoms with E-state index in [1.807, 2.05) is 38.1 Å². The molecule has 0 aliphatic rings. The molecule has 1 aromatic heterocycles. The van der Waals surface area contributed by atoms with Crippen LogP contribution in [-0.2, 0) is 27.2 Å². The van der Waals surface area contributed by atoms with E-state index in [9.17, 15) is 14.4 Å². The van der Waals surface area contributed by atoms with Crippen LogP contribution in [0.3, 0.4) is 0 Å². The van der Waals surface area contributed by atoms with Crippen LogP contribution >= 0.6 is 11.3 Å². The normalized spacial score (nSPS) is 14.2. The summed E-state index contributed by atoms with van der Waals surface area (Å²) in [5, 5.41) is 4.10. The smallest absolute Gasteiger partial charge is 0.224 e. The van der Waals surface area contributed by atoms with Crippen LogP contribution < -0.4 is 5.32 Å². The fourth-order valence-electron chi connectivity index (χ4n) is 4.31. The summed E-state index contributed by atoms with van der Waals surface area (Å²) in [6.07, 6.45) is 8.25. The number of benzene rings is 1. The minimum atomic E-state index is -0.465. The quantitative estimate of drug-likeness (QED) is 0.264. The van der Waals surface area contributed by atoms with Crippen LogP contribution in [0.4, 0.5) is 0 Å². The maximum Gasteiger partial charge on any atom is 0.224 e. The molecule has 1 aromatic carbocycles. The number of aromatic nitrogens is 1. The molecule has 2 aromatic rings. The van der Waals surface area contributed by atoms with Crippen molar-refractivity contribution in [2.45, 2.75) is 85.1 Å². The number of likely N-dealkylation sites (N-methyl/N-ethyl adjacent to an activating group) is 1. The highest BCUT2D eigenvalue weighted by Crippen LogP contribution is 2.27. The number of amides is 1. The summed E-state index contributed by atoms with van der Waals surface area (Å²) < 4.78 is 1.12. The van der Waals surface area contributed by atoms with E-state index in [1.54, 1.807) is 17.4 Å². The Morgan fingerprint density at radius 2 is 1.89 bits per heavy atom. The van der Waals surface area contributed by atoms with Crippen LogP contribution in [0.15, 0.2) is 30.4 Å². The number of hydrogen-bond donors (Lipinski definition) is 1. The highest BCUT2D eigenvalue weighted by Gasteiger charge is 2.27. The number of thiazole rings is 1. The number of rotatable bonds is 17. The number of nitrogens with one attached hydrogen (secondary N) is 1. The number of carbonyl (C=O) groups is 3. The molecule has 37 heavy (non-hydrogen) atoms. The fraction of sp³-hybridized carbons (Fsp3) is 0.600. The van der Waals surface area contributed by atoms with Crippen molar-refractivity contribution in [3.05, 3.63) is 40.9 Å². The molecule has 204 valence electrons. The van der Waals surface area contributed by atoms with Gasteiger partial charge in [0.2, 0.25) is 5.91 Å². The third-order valence-corrected chi connectivity index (χ3v) is 7.88. The number of fused-ring (bicyclic) bond motifs is 1. The predicted octanol–water partition coefficient (Wildman–Crippen LogP) is 5.77. The maximum absolute atomic E-state index is 13.5. The Bertz CT molecular complexity index is 1060. The second-order valence-corrected chi connectivity index (χ2v) is 11.4. The van der Waals surface area contributed by atoms with E-state index in [2.05, 4.69) is 38.2 Å². The SMILES string of the molecule is CCCC(=O)C[C@@H](Cc1nc2ccc(CC)cc2s1)C(=O)N[C@H](CCC(=O)/C=C/CN(C)C)[C@@H](C)CC. The molecule has 0 saturated carbocycles. The van der Waals surface area contributed by atoms with Crippen molar-refractivity contribution in [1.82, 2.24) is 15.2 Å². The van der Waals surface area contributed by atoms with Crippen LogP contribution in [0.25, 0.3) is 10.2 Å². The second-order valence-electron chi connectivity index (χ2n) is 10.3. The minimum absolute atomic E-state index is 0.0694. The van der Waals surface area contributed by atoms with E-state index >= 15 is 0 Å². The maximum atomic E-state index is 13.5. The number of allylic oxidation sites excluding steroid dienone is 1. The summed E-state index contributed by atoms with van der Waals surface area (Å²) in [6.45, 7) is 9.03. The van der Waals surface area contributed by atoms with Crippen molar-refractivity contribution >= 4 is 39.0 Å². The first-order chi connectivity index (χ1) is 17.7. The molecule has 6 nitrogen and oxygen atoms in total. The zero-order valence-electron chi connectivity index (χ0n) is 23.5. The number of Topliss-reactive ketones (excluding diaryl/α,β-unsaturated/α-hetero) is 1. The van der Waals surface area contributed by atoms with Gasteiger partial charge in [-0.3, -0.25) is 14.4 Å². The average molecular weight is 528 g/mol. The third kappa shape index (κ3) is 10.5. The molecule has 0 saturated heterocycles. The zero-order chi connectivity index (χ0) is 27.4. The Morgan fingerprint density at radius 3 is 2.54 bits per heavy atom. The topological polar surface area (TPSA) is 79.4 Å². The fourth-order valence-corrected chi connectivity index (χ4v) is 5.42. The Morgan fingerprint density at radius 1 is 1.14 bits per heavy atom. The van der Waals surface area contributed by atoms with Crippen molar-refractivity contribution in [2.24, 2.45) is 11.8 Å². The summed E-state index contributed by atoms with van der Waals surface area (Å²) in [5.74, 6) is -0.172. The van der Waals surface area contributed by atoms with E-state index in [0.29, 0.717) is 25.7 Å². The van der Waals surface area contributed by atoms with Gasteiger partial charge in [0, 0.05) is 38.3 Å². The third-order valence-electron chi connectivity index (χ3n) is 6.83. The molecule has 0 spiro atoms. The number of hydrogen-bond acceptors (Lipinski definition) is 6. The highest BCUT2D eigenvalue weighted by molar-refractivity contribution is 7.18. The largest absolute Gasteiger partial charge is 0.353 e. The zero-order valence-corrected chi connectivity index (χ0v) is 24.3. The summed E-state index contributed by atoms with van der Waals surface area (Å²) >= 11 is 1.61. The van der Waals surface area contributed by atoms with Gasteiger partial charge < -0.3 is 10.2 Å². The summed E-state index contributed by atoms with van der Waals surface area (Å²) in [4.78, 5) is 45.3. The molecule has 1 heterocycles. The van der Waals surface area contributed by atoms with Gasteiger partial charge in [0.25, 0.3) is 0 Å². The van der Waals surface area contributed by atoms with E-state index in [1.165, 1.54) is 5.56 Å². The van der Waals surface area contributed by atoms with Gasteiger partial charge in [-0.25, -0.2) is 4.98 Å². The number of nitrogens with zero attached hydrogens (tertiary/aromatic N) is 2. The van der Waals surface area contributed by atoms with Gasteiger partial charge in [0.15, 0.2) is 5.78 Å². The van der Waals surface area contributed by atoms with Gasteiger partial charge in [-0.15, -0.1) is 11.3 Å². The molecule has 0 aliphatic heterocycles. The second kappa shape index (κ2) is 15.8. The van der Waals surface area contributed by atoms with Crippen LogP contribution in [0.5, 0.6) is 0 Å². The van der Waals surface area contributed by atoms with E-state index in [4.69, 9.17) is 4.98 Å². The Labute approximate surface area is 226 Å². The number of carbonyl (C=O) groups excluding carboxylic acids is 3. The molecule has 1 N–H and O–H groups in total. The molecule has 0 aliphatic carbocycles. The van der Waals surface area contributed by atoms with Gasteiger partial charge in [0.05, 0.1) is 21.1 Å². The Balaban J connectivity index is 2.15. The average Bonchev–Trinajstić information content (AvgIpc) is 3.26. The summed E-state index contributed by atoms with van der Waals surface area (Å²) in [6, 6.07) is 6.18. The predicted molar refractivity (Wildman–Crippen MR) is 154 cm³/mol. The van der Waals surface area contributed by atoms with E-state index < -0.39 is 5.92 Å². The standard InChI is InChI=1S/C30H45N3O3S/c1-7-11-25(35)19-23(20-29-31-27-15-13-22(9-3)18-28(27)37-29)30(36)32-26(21(4)8-2)16-14-24(34)12-10-17-33(5)6/h10,12-13,15,18,21,23,26H,7-9,11,14,16-17,19-20H2,1-6H3,(H,32,36)/b12-10+/t21-,23-,26+/m0/s1. The van der Waals surface area contributed by atoms with E-state index in [-0.39, 0.29) is 35.9 Å². The number of ketones is 2. The molecular weight excluding hydrogens is 482 g/mol. The lowest BCUT2D eigenvalue weighted by Crippen LogP contribution is -2.43. The Kier molecular flexibility index (Phi) is 13.1. The lowest BCUT2D eigenvalue weighted by molar-refractivity contribution is -0.130. The molecule has 0 bridgehead atoms. The van der Waals surface area contributed by atoms with Crippen molar-refractivity contribution in [2.75, 3.05) is 20.6 Å². The van der Waals surface area contributed by atoms with Crippen molar-refractivity contribution in [1.29, 1.82) is 0 Å². The monoisotopic (exact) mass is 527 g/mol. The van der Waals surface area contributed by atoms with Gasteiger partial charge >= 0.3 is 0 Å². The highest BCUT2D eigenvalue weighted by atomic mass is 32.1. The summed E-state index contributed by atoms with van der Waals surface area (Å²) in [5.41, 5.74) is 2.20. The van der Waals surface area contributed by atoms with Gasteiger partial charge in [-0.05, 0) is 63.0 Å². The molecule has 7 heteroatoms. The van der Waals surface area contributed by atoms with Crippen molar-refractivity contribution in [3.63, 3.8) is 0 Å². The Hall–Kier alpha value is -2.38.